The smallest absolute Gasteiger partial charge is 0.236 e. The van der Waals surface area contributed by atoms with Gasteiger partial charge in [-0.2, -0.15) is 0 Å². The van der Waals surface area contributed by atoms with Crippen molar-refractivity contribution in [3.63, 3.8) is 0 Å². The Kier molecular flexibility index (Phi) is 2.77. The number of amides is 1. The molecule has 0 spiro atoms. The van der Waals surface area contributed by atoms with E-state index in [1.54, 1.807) is 0 Å². The maximum absolute atomic E-state index is 11.8. The first-order chi connectivity index (χ1) is 6.66. The van der Waals surface area contributed by atoms with Gasteiger partial charge in [-0.25, -0.2) is 0 Å². The molecule has 3 heteroatoms. The highest BCUT2D eigenvalue weighted by Gasteiger charge is 2.34. The van der Waals surface area contributed by atoms with Crippen LogP contribution in [0.25, 0.3) is 0 Å². The number of hydrogen-bond acceptors (Lipinski definition) is 2. The molecule has 2 rings (SSSR count). The standard InChI is InChI=1S/C11H20N2O/c1-9(2)6-13-7-10-4-3-5-12(10)8-11(13)14/h9-10H,3-8H2,1-2H3. The second-order valence-electron chi connectivity index (χ2n) is 4.96. The van der Waals surface area contributed by atoms with Crippen LogP contribution in [0.15, 0.2) is 0 Å². The summed E-state index contributed by atoms with van der Waals surface area (Å²) in [5, 5.41) is 0. The van der Waals surface area contributed by atoms with Gasteiger partial charge in [-0.1, -0.05) is 13.8 Å². The zero-order valence-corrected chi connectivity index (χ0v) is 9.20. The Bertz CT molecular complexity index is 227. The third-order valence-corrected chi connectivity index (χ3v) is 3.21. The van der Waals surface area contributed by atoms with E-state index in [4.69, 9.17) is 0 Å². The van der Waals surface area contributed by atoms with E-state index in [0.29, 0.717) is 24.4 Å². The lowest BCUT2D eigenvalue weighted by atomic mass is 10.1. The summed E-state index contributed by atoms with van der Waals surface area (Å²) in [7, 11) is 0. The molecule has 2 aliphatic rings. The minimum Gasteiger partial charge on any atom is -0.340 e. The van der Waals surface area contributed by atoms with Crippen molar-refractivity contribution in [1.82, 2.24) is 9.80 Å². The largest absolute Gasteiger partial charge is 0.340 e. The Morgan fingerprint density at radius 3 is 3.00 bits per heavy atom. The number of hydrogen-bond donors (Lipinski definition) is 0. The molecule has 0 aliphatic carbocycles. The summed E-state index contributed by atoms with van der Waals surface area (Å²) >= 11 is 0. The summed E-state index contributed by atoms with van der Waals surface area (Å²) in [4.78, 5) is 16.2. The second kappa shape index (κ2) is 3.89. The number of fused-ring (bicyclic) bond motifs is 1. The molecular formula is C11H20N2O. The molecule has 0 bridgehead atoms. The lowest BCUT2D eigenvalue weighted by Crippen LogP contribution is -2.54. The summed E-state index contributed by atoms with van der Waals surface area (Å²) in [5.41, 5.74) is 0. The molecule has 1 unspecified atom stereocenters. The molecule has 2 fully saturated rings. The summed E-state index contributed by atoms with van der Waals surface area (Å²) in [6.07, 6.45) is 2.55. The Balaban J connectivity index is 1.96. The van der Waals surface area contributed by atoms with Gasteiger partial charge in [-0.3, -0.25) is 9.69 Å². The van der Waals surface area contributed by atoms with Gasteiger partial charge in [-0.05, 0) is 25.3 Å². The van der Waals surface area contributed by atoms with Gasteiger partial charge in [-0.15, -0.1) is 0 Å². The molecule has 1 amide bonds. The van der Waals surface area contributed by atoms with E-state index in [0.717, 1.165) is 19.6 Å². The van der Waals surface area contributed by atoms with Gasteiger partial charge in [0, 0.05) is 19.1 Å². The fourth-order valence-electron chi connectivity index (χ4n) is 2.56. The highest BCUT2D eigenvalue weighted by atomic mass is 16.2. The minimum atomic E-state index is 0.330. The zero-order valence-electron chi connectivity index (χ0n) is 9.20. The van der Waals surface area contributed by atoms with Gasteiger partial charge >= 0.3 is 0 Å². The van der Waals surface area contributed by atoms with Crippen LogP contribution >= 0.6 is 0 Å². The fraction of sp³-hybridized carbons (Fsp3) is 0.909. The number of rotatable bonds is 2. The third-order valence-electron chi connectivity index (χ3n) is 3.21. The Morgan fingerprint density at radius 1 is 1.50 bits per heavy atom. The molecule has 0 aromatic carbocycles. The number of nitrogens with zero attached hydrogens (tertiary/aromatic N) is 2. The van der Waals surface area contributed by atoms with Crippen LogP contribution in [0.1, 0.15) is 26.7 Å². The highest BCUT2D eigenvalue weighted by molar-refractivity contribution is 5.79. The molecule has 14 heavy (non-hydrogen) atoms. The average molecular weight is 196 g/mol. The van der Waals surface area contributed by atoms with Crippen LogP contribution in [0.2, 0.25) is 0 Å². The Labute approximate surface area is 86.1 Å². The lowest BCUT2D eigenvalue weighted by Gasteiger charge is -2.37. The quantitative estimate of drug-likeness (QED) is 0.656. The first kappa shape index (κ1) is 9.97. The SMILES string of the molecule is CC(C)CN1CC2CCCN2CC1=O. The van der Waals surface area contributed by atoms with Crippen molar-refractivity contribution in [2.75, 3.05) is 26.2 Å². The van der Waals surface area contributed by atoms with Crippen molar-refractivity contribution < 1.29 is 4.79 Å². The van der Waals surface area contributed by atoms with Crippen LogP contribution < -0.4 is 0 Å². The molecule has 0 N–H and O–H groups in total. The van der Waals surface area contributed by atoms with Crippen molar-refractivity contribution in [1.29, 1.82) is 0 Å². The molecule has 0 aromatic rings. The van der Waals surface area contributed by atoms with Crippen LogP contribution in [0, 0.1) is 5.92 Å². The van der Waals surface area contributed by atoms with Crippen LogP contribution in [0.5, 0.6) is 0 Å². The van der Waals surface area contributed by atoms with E-state index in [-0.39, 0.29) is 0 Å². The highest BCUT2D eigenvalue weighted by Crippen LogP contribution is 2.22. The van der Waals surface area contributed by atoms with Crippen molar-refractivity contribution in [2.45, 2.75) is 32.7 Å². The average Bonchev–Trinajstić information content (AvgIpc) is 2.51. The number of carbonyl (C=O) groups excluding carboxylic acids is 1. The topological polar surface area (TPSA) is 23.6 Å². The van der Waals surface area contributed by atoms with E-state index < -0.39 is 0 Å². The van der Waals surface area contributed by atoms with Gasteiger partial charge in [0.25, 0.3) is 0 Å². The van der Waals surface area contributed by atoms with Crippen molar-refractivity contribution >= 4 is 5.91 Å². The van der Waals surface area contributed by atoms with Crippen molar-refractivity contribution in [3.8, 4) is 0 Å². The molecular weight excluding hydrogens is 176 g/mol. The van der Waals surface area contributed by atoms with E-state index in [2.05, 4.69) is 23.6 Å². The van der Waals surface area contributed by atoms with Gasteiger partial charge in [0.15, 0.2) is 0 Å². The molecule has 80 valence electrons. The van der Waals surface area contributed by atoms with Crippen LogP contribution in [0.4, 0.5) is 0 Å². The second-order valence-corrected chi connectivity index (χ2v) is 4.96. The van der Waals surface area contributed by atoms with Crippen LogP contribution in [-0.2, 0) is 4.79 Å². The van der Waals surface area contributed by atoms with E-state index in [1.807, 2.05) is 0 Å². The summed E-state index contributed by atoms with van der Waals surface area (Å²) in [6, 6.07) is 0.659. The molecule has 1 atom stereocenters. The monoisotopic (exact) mass is 196 g/mol. The van der Waals surface area contributed by atoms with Crippen molar-refractivity contribution in [3.05, 3.63) is 0 Å². The number of piperazine rings is 1. The maximum atomic E-state index is 11.8. The first-order valence-corrected chi connectivity index (χ1v) is 5.68. The van der Waals surface area contributed by atoms with Crippen LogP contribution in [-0.4, -0.2) is 47.9 Å². The summed E-state index contributed by atoms with van der Waals surface area (Å²) in [6.45, 7) is 8.05. The predicted molar refractivity (Wildman–Crippen MR) is 56.0 cm³/mol. The lowest BCUT2D eigenvalue weighted by molar-refractivity contribution is -0.137. The Hall–Kier alpha value is -0.570. The Morgan fingerprint density at radius 2 is 2.29 bits per heavy atom. The van der Waals surface area contributed by atoms with Gasteiger partial charge in [0.2, 0.25) is 5.91 Å². The van der Waals surface area contributed by atoms with Crippen molar-refractivity contribution in [2.24, 2.45) is 5.92 Å². The maximum Gasteiger partial charge on any atom is 0.236 e. The number of carbonyl (C=O) groups is 1. The molecule has 0 saturated carbocycles. The summed E-state index contributed by atoms with van der Waals surface area (Å²) < 4.78 is 0. The van der Waals surface area contributed by atoms with E-state index in [1.165, 1.54) is 12.8 Å². The molecule has 2 saturated heterocycles. The van der Waals surface area contributed by atoms with Gasteiger partial charge in [0.1, 0.15) is 0 Å². The van der Waals surface area contributed by atoms with Gasteiger partial charge in [0.05, 0.1) is 6.54 Å². The molecule has 2 heterocycles. The normalized spacial score (nSPS) is 28.6. The van der Waals surface area contributed by atoms with Gasteiger partial charge < -0.3 is 4.90 Å². The summed E-state index contributed by atoms with van der Waals surface area (Å²) in [5.74, 6) is 0.920. The predicted octanol–water partition coefficient (Wildman–Crippen LogP) is 0.949. The minimum absolute atomic E-state index is 0.330. The molecule has 2 aliphatic heterocycles. The van der Waals surface area contributed by atoms with E-state index >= 15 is 0 Å². The zero-order chi connectivity index (χ0) is 10.1. The first-order valence-electron chi connectivity index (χ1n) is 5.68. The van der Waals surface area contributed by atoms with E-state index in [9.17, 15) is 4.79 Å². The molecule has 0 radical (unpaired) electrons. The molecule has 3 nitrogen and oxygen atoms in total. The third kappa shape index (κ3) is 1.92. The van der Waals surface area contributed by atoms with Crippen LogP contribution in [0.3, 0.4) is 0 Å². The fourth-order valence-corrected chi connectivity index (χ4v) is 2.56. The molecule has 0 aromatic heterocycles.